The van der Waals surface area contributed by atoms with Crippen molar-refractivity contribution in [3.63, 3.8) is 0 Å². The minimum Gasteiger partial charge on any atom is -0.367 e. The van der Waals surface area contributed by atoms with Gasteiger partial charge >= 0.3 is 6.18 Å². The molecule has 0 aromatic heterocycles. The molecule has 0 spiro atoms. The van der Waals surface area contributed by atoms with Gasteiger partial charge < -0.3 is 4.90 Å². The number of amides is 2. The highest BCUT2D eigenvalue weighted by Gasteiger charge is 2.43. The molecule has 2 amide bonds. The molecular formula is C23H23F4N3O2. The maximum Gasteiger partial charge on any atom is 0.416 e. The Kier molecular flexibility index (Phi) is 6.19. The second-order valence-electron chi connectivity index (χ2n) is 8.01. The van der Waals surface area contributed by atoms with E-state index in [1.54, 1.807) is 18.2 Å². The molecule has 2 heterocycles. The Bertz CT molecular complexity index is 1000. The first-order chi connectivity index (χ1) is 15.3. The number of rotatable bonds is 5. The van der Waals surface area contributed by atoms with Gasteiger partial charge in [0.05, 0.1) is 17.2 Å². The third kappa shape index (κ3) is 4.48. The predicted octanol–water partition coefficient (Wildman–Crippen LogP) is 3.51. The maximum absolute atomic E-state index is 14.0. The number of halogens is 4. The summed E-state index contributed by atoms with van der Waals surface area (Å²) in [5, 5.41) is 0. The lowest BCUT2D eigenvalue weighted by Gasteiger charge is -2.36. The van der Waals surface area contributed by atoms with Gasteiger partial charge in [0.25, 0.3) is 0 Å². The fourth-order valence-electron chi connectivity index (χ4n) is 4.38. The van der Waals surface area contributed by atoms with Crippen molar-refractivity contribution in [2.24, 2.45) is 0 Å². The molecule has 2 aliphatic heterocycles. The van der Waals surface area contributed by atoms with Crippen molar-refractivity contribution in [3.05, 3.63) is 65.5 Å². The smallest absolute Gasteiger partial charge is 0.367 e. The largest absolute Gasteiger partial charge is 0.416 e. The minimum atomic E-state index is -4.59. The first-order valence-corrected chi connectivity index (χ1v) is 10.5. The molecule has 1 atom stereocenters. The lowest BCUT2D eigenvalue weighted by Crippen LogP contribution is -2.49. The fraction of sp³-hybridized carbons (Fsp3) is 0.391. The Morgan fingerprint density at radius 2 is 1.53 bits per heavy atom. The van der Waals surface area contributed by atoms with Gasteiger partial charge in [0, 0.05) is 45.7 Å². The monoisotopic (exact) mass is 449 g/mol. The number of hydrogen-bond acceptors (Lipinski definition) is 4. The van der Waals surface area contributed by atoms with Crippen molar-refractivity contribution in [1.82, 2.24) is 9.80 Å². The van der Waals surface area contributed by atoms with E-state index in [0.29, 0.717) is 38.4 Å². The SMILES string of the molecule is O=C1CC(c2ccccc2C(F)(F)F)C(=O)N1CCN1CCN(c2ccccc2F)CC1. The zero-order valence-corrected chi connectivity index (χ0v) is 17.3. The number of imide groups is 1. The fourth-order valence-corrected chi connectivity index (χ4v) is 4.38. The molecule has 0 radical (unpaired) electrons. The van der Waals surface area contributed by atoms with Crippen molar-refractivity contribution in [3.8, 4) is 0 Å². The third-order valence-electron chi connectivity index (χ3n) is 6.09. The van der Waals surface area contributed by atoms with Gasteiger partial charge in [-0.2, -0.15) is 13.2 Å². The third-order valence-corrected chi connectivity index (χ3v) is 6.09. The maximum atomic E-state index is 14.0. The summed E-state index contributed by atoms with van der Waals surface area (Å²) in [5.41, 5.74) is -0.486. The summed E-state index contributed by atoms with van der Waals surface area (Å²) in [7, 11) is 0. The number of alkyl halides is 3. The van der Waals surface area contributed by atoms with E-state index in [0.717, 1.165) is 11.0 Å². The molecule has 2 fully saturated rings. The molecule has 2 aromatic carbocycles. The second kappa shape index (κ2) is 8.90. The lowest BCUT2D eigenvalue weighted by molar-refractivity contribution is -0.139. The van der Waals surface area contributed by atoms with Gasteiger partial charge in [0.1, 0.15) is 5.82 Å². The van der Waals surface area contributed by atoms with Gasteiger partial charge in [-0.25, -0.2) is 4.39 Å². The van der Waals surface area contributed by atoms with Crippen LogP contribution in [0.1, 0.15) is 23.5 Å². The van der Waals surface area contributed by atoms with Crippen LogP contribution >= 0.6 is 0 Å². The first-order valence-electron chi connectivity index (χ1n) is 10.5. The lowest BCUT2D eigenvalue weighted by atomic mass is 9.92. The summed E-state index contributed by atoms with van der Waals surface area (Å²) in [5.74, 6) is -2.43. The predicted molar refractivity (Wildman–Crippen MR) is 111 cm³/mol. The highest BCUT2D eigenvalue weighted by Crippen LogP contribution is 2.39. The van der Waals surface area contributed by atoms with Gasteiger partial charge in [-0.3, -0.25) is 19.4 Å². The molecule has 170 valence electrons. The normalized spacial score (nSPS) is 20.3. The number of hydrogen-bond donors (Lipinski definition) is 0. The van der Waals surface area contributed by atoms with E-state index in [4.69, 9.17) is 0 Å². The molecule has 2 aromatic rings. The molecule has 0 bridgehead atoms. The molecule has 2 saturated heterocycles. The standard InChI is InChI=1S/C23H23F4N3O2/c24-19-7-3-4-8-20(19)29-12-9-28(10-13-29)11-14-30-21(31)15-17(22(30)32)16-5-1-2-6-18(16)23(25,26)27/h1-8,17H,9-15H2. The van der Waals surface area contributed by atoms with Crippen LogP contribution in [0.4, 0.5) is 23.2 Å². The average molecular weight is 449 g/mol. The number of benzene rings is 2. The van der Waals surface area contributed by atoms with Gasteiger partial charge in [-0.1, -0.05) is 30.3 Å². The Morgan fingerprint density at radius 3 is 2.22 bits per heavy atom. The zero-order valence-electron chi connectivity index (χ0n) is 17.3. The Morgan fingerprint density at radius 1 is 0.875 bits per heavy atom. The van der Waals surface area contributed by atoms with E-state index >= 15 is 0 Å². The van der Waals surface area contributed by atoms with E-state index in [9.17, 15) is 27.2 Å². The summed E-state index contributed by atoms with van der Waals surface area (Å²) in [6, 6.07) is 11.5. The molecule has 1 unspecified atom stereocenters. The van der Waals surface area contributed by atoms with E-state index in [1.807, 2.05) is 4.90 Å². The molecule has 4 rings (SSSR count). The van der Waals surface area contributed by atoms with Crippen LogP contribution in [0.3, 0.4) is 0 Å². The zero-order chi connectivity index (χ0) is 22.9. The van der Waals surface area contributed by atoms with E-state index < -0.39 is 29.5 Å². The summed E-state index contributed by atoms with van der Waals surface area (Å²) in [6.45, 7) is 3.02. The number of para-hydroxylation sites is 1. The first kappa shape index (κ1) is 22.3. The average Bonchev–Trinajstić information content (AvgIpc) is 3.06. The summed E-state index contributed by atoms with van der Waals surface area (Å²) in [4.78, 5) is 30.3. The number of piperazine rings is 1. The van der Waals surface area contributed by atoms with E-state index in [-0.39, 0.29) is 24.3 Å². The van der Waals surface area contributed by atoms with Gasteiger partial charge in [0.2, 0.25) is 11.8 Å². The van der Waals surface area contributed by atoms with Gasteiger partial charge in [-0.05, 0) is 23.8 Å². The van der Waals surface area contributed by atoms with Crippen molar-refractivity contribution in [1.29, 1.82) is 0 Å². The summed E-state index contributed by atoms with van der Waals surface area (Å²) >= 11 is 0. The molecule has 32 heavy (non-hydrogen) atoms. The van der Waals surface area contributed by atoms with Crippen molar-refractivity contribution in [2.45, 2.75) is 18.5 Å². The second-order valence-corrected chi connectivity index (χ2v) is 8.01. The highest BCUT2D eigenvalue weighted by atomic mass is 19.4. The van der Waals surface area contributed by atoms with Crippen LogP contribution in [0.2, 0.25) is 0 Å². The number of nitrogens with zero attached hydrogens (tertiary/aromatic N) is 3. The Labute approximate surface area is 183 Å². The molecular weight excluding hydrogens is 426 g/mol. The molecule has 5 nitrogen and oxygen atoms in total. The van der Waals surface area contributed by atoms with Gasteiger partial charge in [-0.15, -0.1) is 0 Å². The highest BCUT2D eigenvalue weighted by molar-refractivity contribution is 6.06. The van der Waals surface area contributed by atoms with Crippen LogP contribution in [0, 0.1) is 5.82 Å². The Balaban J connectivity index is 1.36. The molecule has 0 N–H and O–H groups in total. The number of carbonyl (C=O) groups is 2. The van der Waals surface area contributed by atoms with Crippen LogP contribution in [0.15, 0.2) is 48.5 Å². The van der Waals surface area contributed by atoms with Crippen LogP contribution in [0.5, 0.6) is 0 Å². The van der Waals surface area contributed by atoms with Crippen LogP contribution < -0.4 is 4.90 Å². The molecule has 0 aliphatic carbocycles. The quantitative estimate of drug-likeness (QED) is 0.518. The van der Waals surface area contributed by atoms with Crippen LogP contribution in [0.25, 0.3) is 0 Å². The number of carbonyl (C=O) groups excluding carboxylic acids is 2. The van der Waals surface area contributed by atoms with Crippen molar-refractivity contribution < 1.29 is 27.2 Å². The summed E-state index contributed by atoms with van der Waals surface area (Å²) < 4.78 is 54.0. The van der Waals surface area contributed by atoms with Crippen molar-refractivity contribution in [2.75, 3.05) is 44.2 Å². The van der Waals surface area contributed by atoms with Crippen molar-refractivity contribution >= 4 is 17.5 Å². The van der Waals surface area contributed by atoms with Gasteiger partial charge in [0.15, 0.2) is 0 Å². The van der Waals surface area contributed by atoms with Crippen LogP contribution in [-0.4, -0.2) is 60.9 Å². The number of likely N-dealkylation sites (tertiary alicyclic amines) is 1. The number of anilines is 1. The molecule has 0 saturated carbocycles. The topological polar surface area (TPSA) is 43.9 Å². The summed E-state index contributed by atoms with van der Waals surface area (Å²) in [6.07, 6.45) is -4.85. The Hall–Kier alpha value is -2.94. The minimum absolute atomic E-state index is 0.127. The van der Waals surface area contributed by atoms with E-state index in [2.05, 4.69) is 4.90 Å². The van der Waals surface area contributed by atoms with Crippen LogP contribution in [-0.2, 0) is 15.8 Å². The van der Waals surface area contributed by atoms with E-state index in [1.165, 1.54) is 24.3 Å². The molecule has 9 heteroatoms. The molecule has 2 aliphatic rings.